The minimum atomic E-state index is 0.927. The first-order chi connectivity index (χ1) is 22.3. The first-order valence-corrected chi connectivity index (χ1v) is 16.0. The normalized spacial score (nSPS) is 11.6. The summed E-state index contributed by atoms with van der Waals surface area (Å²) in [7, 11) is 0. The maximum Gasteiger partial charge on any atom is 0.0972 e. The number of fused-ring (bicyclic) bond motifs is 6. The molecule has 0 N–H and O–H groups in total. The van der Waals surface area contributed by atoms with Gasteiger partial charge in [0.05, 0.1) is 22.4 Å². The largest absolute Gasteiger partial charge is 0.245 e. The molecule has 0 atom stereocenters. The molecule has 0 unspecified atom stereocenters. The van der Waals surface area contributed by atoms with Gasteiger partial charge in [0.15, 0.2) is 0 Å². The van der Waals surface area contributed by atoms with Gasteiger partial charge in [0, 0.05) is 42.1 Å². The van der Waals surface area contributed by atoms with Gasteiger partial charge in [0.2, 0.25) is 0 Å². The molecule has 0 aliphatic carbocycles. The number of thiophene rings is 1. The van der Waals surface area contributed by atoms with E-state index in [-0.39, 0.29) is 0 Å². The summed E-state index contributed by atoms with van der Waals surface area (Å²) >= 11 is 1.86. The van der Waals surface area contributed by atoms with Gasteiger partial charge in [-0.25, -0.2) is 9.97 Å². The van der Waals surface area contributed by atoms with Crippen LogP contribution in [0.1, 0.15) is 0 Å². The monoisotopic (exact) mass is 590 g/mol. The van der Waals surface area contributed by atoms with Crippen LogP contribution in [-0.4, -0.2) is 9.97 Å². The van der Waals surface area contributed by atoms with Gasteiger partial charge in [-0.2, -0.15) is 0 Å². The number of benzene rings is 6. The van der Waals surface area contributed by atoms with Crippen molar-refractivity contribution in [2.45, 2.75) is 0 Å². The van der Waals surface area contributed by atoms with Gasteiger partial charge >= 0.3 is 0 Å². The van der Waals surface area contributed by atoms with Gasteiger partial charge < -0.3 is 0 Å². The lowest BCUT2D eigenvalue weighted by Gasteiger charge is -2.09. The van der Waals surface area contributed by atoms with E-state index < -0.39 is 0 Å². The van der Waals surface area contributed by atoms with Crippen molar-refractivity contribution < 1.29 is 0 Å². The maximum atomic E-state index is 5.13. The average Bonchev–Trinajstić information content (AvgIpc) is 3.50. The van der Waals surface area contributed by atoms with Crippen molar-refractivity contribution >= 4 is 53.3 Å². The second-order valence-electron chi connectivity index (χ2n) is 11.4. The number of pyridine rings is 2. The molecule has 3 heterocycles. The second-order valence-corrected chi connectivity index (χ2v) is 12.5. The summed E-state index contributed by atoms with van der Waals surface area (Å²) in [5, 5.41) is 4.84. The number of aromatic nitrogens is 2. The van der Waals surface area contributed by atoms with Crippen molar-refractivity contribution in [3.8, 4) is 44.8 Å². The van der Waals surface area contributed by atoms with Crippen LogP contribution >= 0.6 is 11.3 Å². The lowest BCUT2D eigenvalue weighted by Crippen LogP contribution is -1.91. The molecular weight excluding hydrogens is 565 g/mol. The number of hydrogen-bond acceptors (Lipinski definition) is 3. The molecule has 0 spiro atoms. The molecule has 0 aliphatic rings. The molecule has 45 heavy (non-hydrogen) atoms. The van der Waals surface area contributed by atoms with Crippen LogP contribution in [0.5, 0.6) is 0 Å². The molecule has 210 valence electrons. The zero-order valence-corrected chi connectivity index (χ0v) is 25.1. The van der Waals surface area contributed by atoms with Gasteiger partial charge in [-0.3, -0.25) is 0 Å². The van der Waals surface area contributed by atoms with E-state index in [0.717, 1.165) is 44.3 Å². The summed E-state index contributed by atoms with van der Waals surface area (Å²) in [4.78, 5) is 10.2. The first kappa shape index (κ1) is 25.8. The first-order valence-electron chi connectivity index (χ1n) is 15.2. The van der Waals surface area contributed by atoms with Gasteiger partial charge in [-0.15, -0.1) is 11.3 Å². The highest BCUT2D eigenvalue weighted by atomic mass is 32.1. The maximum absolute atomic E-state index is 5.13. The van der Waals surface area contributed by atoms with Gasteiger partial charge in [-0.05, 0) is 52.6 Å². The minimum absolute atomic E-state index is 0.927. The van der Waals surface area contributed by atoms with Crippen molar-refractivity contribution in [3.63, 3.8) is 0 Å². The lowest BCUT2D eigenvalue weighted by atomic mass is 9.98. The molecule has 3 heteroatoms. The molecule has 0 fully saturated rings. The Kier molecular flexibility index (Phi) is 6.03. The molecule has 9 aromatic rings. The summed E-state index contributed by atoms with van der Waals surface area (Å²) in [6.45, 7) is 0. The fourth-order valence-corrected chi connectivity index (χ4v) is 7.38. The van der Waals surface area contributed by atoms with Crippen LogP contribution in [0.4, 0.5) is 0 Å². The summed E-state index contributed by atoms with van der Waals surface area (Å²) in [6.07, 6.45) is 0. The van der Waals surface area contributed by atoms with Crippen LogP contribution in [0.25, 0.3) is 86.7 Å². The Balaban J connectivity index is 1.02. The summed E-state index contributed by atoms with van der Waals surface area (Å²) < 4.78 is 2.67. The van der Waals surface area contributed by atoms with E-state index in [1.165, 1.54) is 42.4 Å². The predicted octanol–water partition coefficient (Wildman–Crippen LogP) is 11.8. The molecule has 2 nitrogen and oxygen atoms in total. The molecule has 0 saturated heterocycles. The zero-order valence-electron chi connectivity index (χ0n) is 24.3. The van der Waals surface area contributed by atoms with Gasteiger partial charge in [0.25, 0.3) is 0 Å². The van der Waals surface area contributed by atoms with Crippen LogP contribution in [-0.2, 0) is 0 Å². The standard InChI is InChI=1S/C42H26N2S/c1-2-6-30(7-3-1)37-23-20-32-18-19-33-21-24-38(44-42(33)41(32)43-37)31-16-14-28(15-17-31)27-10-12-29(13-11-27)34-22-25-40-36(26-34)35-8-4-5-9-39(35)45-40/h1-26H. The summed E-state index contributed by atoms with van der Waals surface area (Å²) in [5.41, 5.74) is 10.8. The SMILES string of the molecule is c1ccc(-c2ccc3ccc4ccc(-c5ccc(-c6ccc(-c7ccc8sc9ccccc9c8c7)cc6)cc5)nc4c3n2)cc1. The van der Waals surface area contributed by atoms with Crippen molar-refractivity contribution in [2.24, 2.45) is 0 Å². The molecule has 0 bridgehead atoms. The Morgan fingerprint density at radius 3 is 1.44 bits per heavy atom. The molecule has 0 aliphatic heterocycles. The molecule has 0 saturated carbocycles. The van der Waals surface area contributed by atoms with Gasteiger partial charge in [0.1, 0.15) is 0 Å². The topological polar surface area (TPSA) is 25.8 Å². The second kappa shape index (κ2) is 10.5. The van der Waals surface area contributed by atoms with Crippen LogP contribution in [0.15, 0.2) is 158 Å². The number of hydrogen-bond donors (Lipinski definition) is 0. The van der Waals surface area contributed by atoms with E-state index >= 15 is 0 Å². The highest BCUT2D eigenvalue weighted by Gasteiger charge is 2.10. The van der Waals surface area contributed by atoms with Crippen molar-refractivity contribution in [2.75, 3.05) is 0 Å². The van der Waals surface area contributed by atoms with E-state index in [0.29, 0.717) is 0 Å². The summed E-state index contributed by atoms with van der Waals surface area (Å²) in [6, 6.07) is 56.1. The highest BCUT2D eigenvalue weighted by molar-refractivity contribution is 7.25. The fourth-order valence-electron chi connectivity index (χ4n) is 6.29. The third kappa shape index (κ3) is 4.57. The van der Waals surface area contributed by atoms with E-state index in [4.69, 9.17) is 9.97 Å². The van der Waals surface area contributed by atoms with Crippen LogP contribution in [0, 0.1) is 0 Å². The molecule has 0 radical (unpaired) electrons. The van der Waals surface area contributed by atoms with Crippen molar-refractivity contribution in [1.82, 2.24) is 9.97 Å². The number of rotatable bonds is 4. The third-order valence-electron chi connectivity index (χ3n) is 8.70. The molecular formula is C42H26N2S. The van der Waals surface area contributed by atoms with E-state index in [2.05, 4.69) is 140 Å². The van der Waals surface area contributed by atoms with Crippen LogP contribution in [0.2, 0.25) is 0 Å². The zero-order chi connectivity index (χ0) is 29.7. The average molecular weight is 591 g/mol. The number of nitrogens with zero attached hydrogens (tertiary/aromatic N) is 2. The highest BCUT2D eigenvalue weighted by Crippen LogP contribution is 2.37. The third-order valence-corrected chi connectivity index (χ3v) is 9.85. The van der Waals surface area contributed by atoms with Crippen LogP contribution in [0.3, 0.4) is 0 Å². The van der Waals surface area contributed by atoms with E-state index in [1.807, 2.05) is 29.5 Å². The molecule has 3 aromatic heterocycles. The van der Waals surface area contributed by atoms with Gasteiger partial charge in [-0.1, -0.05) is 127 Å². The molecule has 6 aromatic carbocycles. The smallest absolute Gasteiger partial charge is 0.0972 e. The van der Waals surface area contributed by atoms with Crippen molar-refractivity contribution in [3.05, 3.63) is 158 Å². The Labute approximate surface area is 264 Å². The lowest BCUT2D eigenvalue weighted by molar-refractivity contribution is 1.36. The Hall–Kier alpha value is -5.64. The Morgan fingerprint density at radius 2 is 0.800 bits per heavy atom. The fraction of sp³-hybridized carbons (Fsp3) is 0. The Bertz CT molecular complexity index is 2510. The van der Waals surface area contributed by atoms with E-state index in [9.17, 15) is 0 Å². The minimum Gasteiger partial charge on any atom is -0.245 e. The molecule has 9 rings (SSSR count). The predicted molar refractivity (Wildman–Crippen MR) is 192 cm³/mol. The van der Waals surface area contributed by atoms with Crippen molar-refractivity contribution in [1.29, 1.82) is 0 Å². The Morgan fingerprint density at radius 1 is 0.333 bits per heavy atom. The van der Waals surface area contributed by atoms with Crippen LogP contribution < -0.4 is 0 Å². The molecule has 0 amide bonds. The van der Waals surface area contributed by atoms with E-state index in [1.54, 1.807) is 0 Å². The quantitative estimate of drug-likeness (QED) is 0.191. The summed E-state index contributed by atoms with van der Waals surface area (Å²) in [5.74, 6) is 0.